The van der Waals surface area contributed by atoms with Crippen molar-refractivity contribution in [3.63, 3.8) is 0 Å². The van der Waals surface area contributed by atoms with E-state index in [1.165, 1.54) is 18.5 Å². The highest BCUT2D eigenvalue weighted by Crippen LogP contribution is 2.12. The molecular weight excluding hydrogens is 256 g/mol. The Bertz CT molecular complexity index is 593. The lowest BCUT2D eigenvalue weighted by Gasteiger charge is -2.05. The second kappa shape index (κ2) is 5.15. The average molecular weight is 268 g/mol. The molecule has 0 aliphatic heterocycles. The van der Waals surface area contributed by atoms with Crippen molar-refractivity contribution in [1.82, 2.24) is 10.1 Å². The summed E-state index contributed by atoms with van der Waals surface area (Å²) in [5.41, 5.74) is 0.793. The molecule has 2 aromatic rings. The molecule has 0 amide bonds. The molecule has 0 aliphatic carbocycles. The summed E-state index contributed by atoms with van der Waals surface area (Å²) in [6, 6.07) is 6.19. The lowest BCUT2D eigenvalue weighted by Crippen LogP contribution is -2.12. The molecule has 0 saturated carbocycles. The van der Waals surface area contributed by atoms with Gasteiger partial charge in [0, 0.05) is 18.7 Å². The summed E-state index contributed by atoms with van der Waals surface area (Å²) < 4.78 is 26.9. The van der Waals surface area contributed by atoms with E-state index in [2.05, 4.69) is 15.5 Å². The molecule has 18 heavy (non-hydrogen) atoms. The Morgan fingerprint density at radius 3 is 2.56 bits per heavy atom. The molecule has 3 N–H and O–H groups in total. The Morgan fingerprint density at radius 2 is 2.00 bits per heavy atom. The van der Waals surface area contributed by atoms with Gasteiger partial charge in [0.05, 0.1) is 4.90 Å². The van der Waals surface area contributed by atoms with Crippen molar-refractivity contribution in [3.8, 4) is 0 Å². The summed E-state index contributed by atoms with van der Waals surface area (Å²) in [7, 11) is -3.64. The Hall–Kier alpha value is -1.93. The molecule has 0 fully saturated rings. The fourth-order valence-electron chi connectivity index (χ4n) is 1.38. The smallest absolute Gasteiger partial charge is 0.238 e. The molecule has 1 aromatic heterocycles. The molecule has 8 heteroatoms. The van der Waals surface area contributed by atoms with E-state index >= 15 is 0 Å². The fourth-order valence-corrected chi connectivity index (χ4v) is 1.90. The minimum atomic E-state index is -3.64. The number of benzene rings is 1. The van der Waals surface area contributed by atoms with Gasteiger partial charge in [-0.05, 0) is 24.3 Å². The molecule has 1 aromatic carbocycles. The van der Waals surface area contributed by atoms with Crippen molar-refractivity contribution in [2.24, 2.45) is 5.14 Å². The molecular formula is C10H12N4O3S. The quantitative estimate of drug-likeness (QED) is 0.810. The Morgan fingerprint density at radius 1 is 1.28 bits per heavy atom. The van der Waals surface area contributed by atoms with Crippen molar-refractivity contribution in [2.45, 2.75) is 11.3 Å². The van der Waals surface area contributed by atoms with Gasteiger partial charge in [-0.3, -0.25) is 0 Å². The number of rotatable bonds is 5. The highest BCUT2D eigenvalue weighted by atomic mass is 32.2. The number of nitrogens with two attached hydrogens (primary N) is 1. The van der Waals surface area contributed by atoms with Gasteiger partial charge >= 0.3 is 0 Å². The first-order valence-corrected chi connectivity index (χ1v) is 6.72. The number of anilines is 1. The van der Waals surface area contributed by atoms with E-state index in [-0.39, 0.29) is 4.90 Å². The first-order valence-electron chi connectivity index (χ1n) is 5.18. The van der Waals surface area contributed by atoms with Crippen molar-refractivity contribution in [1.29, 1.82) is 0 Å². The highest BCUT2D eigenvalue weighted by Gasteiger charge is 2.06. The Balaban J connectivity index is 1.91. The van der Waals surface area contributed by atoms with Crippen LogP contribution >= 0.6 is 0 Å². The first kappa shape index (κ1) is 12.5. The molecule has 7 nitrogen and oxygen atoms in total. The van der Waals surface area contributed by atoms with Gasteiger partial charge < -0.3 is 9.84 Å². The topological polar surface area (TPSA) is 111 Å². The average Bonchev–Trinajstić information content (AvgIpc) is 2.82. The molecule has 0 saturated heterocycles. The van der Waals surface area contributed by atoms with Crippen LogP contribution in [-0.4, -0.2) is 25.1 Å². The van der Waals surface area contributed by atoms with Crippen molar-refractivity contribution < 1.29 is 12.9 Å². The van der Waals surface area contributed by atoms with Gasteiger partial charge in [0.15, 0.2) is 6.33 Å². The summed E-state index contributed by atoms with van der Waals surface area (Å²) in [5.74, 6) is 0.545. The summed E-state index contributed by atoms with van der Waals surface area (Å²) in [5, 5.41) is 11.6. The van der Waals surface area contributed by atoms with Crippen LogP contribution in [0.4, 0.5) is 5.69 Å². The summed E-state index contributed by atoms with van der Waals surface area (Å²) in [6.45, 7) is 0.608. The van der Waals surface area contributed by atoms with Crippen LogP contribution in [0.2, 0.25) is 0 Å². The first-order chi connectivity index (χ1) is 8.55. The van der Waals surface area contributed by atoms with Gasteiger partial charge in [0.2, 0.25) is 15.9 Å². The van der Waals surface area contributed by atoms with Gasteiger partial charge in [-0.1, -0.05) is 5.16 Å². The van der Waals surface area contributed by atoms with E-state index in [1.54, 1.807) is 12.1 Å². The maximum atomic E-state index is 11.0. The van der Waals surface area contributed by atoms with Crippen molar-refractivity contribution in [2.75, 3.05) is 11.9 Å². The van der Waals surface area contributed by atoms with Crippen LogP contribution in [0.3, 0.4) is 0 Å². The zero-order chi connectivity index (χ0) is 13.0. The van der Waals surface area contributed by atoms with Crippen LogP contribution in [-0.2, 0) is 16.4 Å². The van der Waals surface area contributed by atoms with Gasteiger partial charge in [0.1, 0.15) is 0 Å². The molecule has 0 atom stereocenters. The molecule has 1 heterocycles. The van der Waals surface area contributed by atoms with Crippen LogP contribution in [0.1, 0.15) is 5.89 Å². The van der Waals surface area contributed by atoms with E-state index in [1.807, 2.05) is 0 Å². The number of sulfonamides is 1. The summed E-state index contributed by atoms with van der Waals surface area (Å²) in [4.78, 5) is 3.97. The number of primary sulfonamides is 1. The number of hydrogen-bond acceptors (Lipinski definition) is 6. The third kappa shape index (κ3) is 3.28. The number of aromatic nitrogens is 2. The van der Waals surface area contributed by atoms with Crippen LogP contribution in [0.25, 0.3) is 0 Å². The molecule has 2 rings (SSSR count). The largest absolute Gasteiger partial charge is 0.385 e. The minimum Gasteiger partial charge on any atom is -0.385 e. The van der Waals surface area contributed by atoms with Gasteiger partial charge in [0.25, 0.3) is 0 Å². The summed E-state index contributed by atoms with van der Waals surface area (Å²) >= 11 is 0. The highest BCUT2D eigenvalue weighted by molar-refractivity contribution is 7.89. The van der Waals surface area contributed by atoms with E-state index in [9.17, 15) is 8.42 Å². The zero-order valence-electron chi connectivity index (χ0n) is 9.41. The molecule has 0 spiro atoms. The van der Waals surface area contributed by atoms with Crippen molar-refractivity contribution >= 4 is 15.7 Å². The maximum absolute atomic E-state index is 11.0. The predicted molar refractivity (Wildman–Crippen MR) is 64.3 cm³/mol. The second-order valence-electron chi connectivity index (χ2n) is 3.58. The monoisotopic (exact) mass is 268 g/mol. The third-order valence-electron chi connectivity index (χ3n) is 2.26. The van der Waals surface area contributed by atoms with Crippen LogP contribution in [0.15, 0.2) is 40.0 Å². The normalized spacial score (nSPS) is 11.4. The van der Waals surface area contributed by atoms with Crippen molar-refractivity contribution in [3.05, 3.63) is 36.5 Å². The second-order valence-corrected chi connectivity index (χ2v) is 5.14. The SMILES string of the molecule is NS(=O)(=O)c1ccc(NCCc2ncno2)cc1. The standard InChI is InChI=1S/C10H12N4O3S/c11-18(15,16)9-3-1-8(2-4-9)12-6-5-10-13-7-14-17-10/h1-4,7,12H,5-6H2,(H2,11,15,16). The van der Waals surface area contributed by atoms with Crippen LogP contribution in [0, 0.1) is 0 Å². The maximum Gasteiger partial charge on any atom is 0.238 e. The number of nitrogens with one attached hydrogen (secondary N) is 1. The number of hydrogen-bond donors (Lipinski definition) is 2. The van der Waals surface area contributed by atoms with E-state index in [0.29, 0.717) is 18.9 Å². The van der Waals surface area contributed by atoms with Crippen LogP contribution < -0.4 is 10.5 Å². The third-order valence-corrected chi connectivity index (χ3v) is 3.19. The molecule has 0 radical (unpaired) electrons. The van der Waals surface area contributed by atoms with E-state index < -0.39 is 10.0 Å². The molecule has 0 aliphatic rings. The summed E-state index contributed by atoms with van der Waals surface area (Å²) in [6.07, 6.45) is 1.94. The molecule has 96 valence electrons. The molecule has 0 unspecified atom stereocenters. The number of nitrogens with zero attached hydrogens (tertiary/aromatic N) is 2. The van der Waals surface area contributed by atoms with Gasteiger partial charge in [-0.2, -0.15) is 4.98 Å². The minimum absolute atomic E-state index is 0.0879. The van der Waals surface area contributed by atoms with Gasteiger partial charge in [-0.15, -0.1) is 0 Å². The van der Waals surface area contributed by atoms with E-state index in [4.69, 9.17) is 9.66 Å². The lowest BCUT2D eigenvalue weighted by atomic mass is 10.3. The van der Waals surface area contributed by atoms with Gasteiger partial charge in [-0.25, -0.2) is 13.6 Å². The zero-order valence-corrected chi connectivity index (χ0v) is 10.2. The predicted octanol–water partition coefficient (Wildman–Crippen LogP) is 0.372. The Kier molecular flexibility index (Phi) is 3.58. The Labute approximate surface area is 104 Å². The van der Waals surface area contributed by atoms with Crippen LogP contribution in [0.5, 0.6) is 0 Å². The fraction of sp³-hybridized carbons (Fsp3) is 0.200. The van der Waals surface area contributed by atoms with E-state index in [0.717, 1.165) is 5.69 Å². The lowest BCUT2D eigenvalue weighted by molar-refractivity contribution is 0.380. The molecule has 0 bridgehead atoms.